The molecule has 0 unspecified atom stereocenters. The van der Waals surface area contributed by atoms with Crippen LogP contribution < -0.4 is 57.1 Å². The van der Waals surface area contributed by atoms with Gasteiger partial charge in [-0.05, 0) is 37.2 Å². The van der Waals surface area contributed by atoms with E-state index in [-0.39, 0.29) is 48.0 Å². The molecule has 2 nitrogen and oxygen atoms in total. The van der Waals surface area contributed by atoms with Crippen LogP contribution >= 0.6 is 23.5 Å². The third-order valence-corrected chi connectivity index (χ3v) is 10.5. The molecule has 0 aliphatic heterocycles. The SMILES string of the molecule is CCCCCCCCCCCC[n+]1ccc(SCCCCSc2cc[n+](CCCCCCCCCCCC)cc2)cc1.[I-].[I-]. The molecule has 0 aliphatic carbocycles. The number of hydrogen-bond acceptors (Lipinski definition) is 2. The van der Waals surface area contributed by atoms with Crippen molar-refractivity contribution in [1.82, 2.24) is 0 Å². The summed E-state index contributed by atoms with van der Waals surface area (Å²) in [6.45, 7) is 6.92. The summed E-state index contributed by atoms with van der Waals surface area (Å²) in [7, 11) is 0. The van der Waals surface area contributed by atoms with Crippen LogP contribution in [0.3, 0.4) is 0 Å². The van der Waals surface area contributed by atoms with Crippen molar-refractivity contribution >= 4 is 23.5 Å². The molecule has 2 aromatic heterocycles. The highest BCUT2D eigenvalue weighted by Gasteiger charge is 2.04. The summed E-state index contributed by atoms with van der Waals surface area (Å²) in [4.78, 5) is 2.83. The molecular formula is C38H66I2N2S2. The standard InChI is InChI=1S/C38H66N2S2.2HI/c1-3-5-7-9-11-13-15-17-19-21-29-39-31-25-37(26-32-39)41-35-23-24-36-42-38-27-33-40(34-28-38)30-22-20-18-16-14-12-10-8-6-4-2;;/h25-28,31-34H,3-24,29-30,35-36H2,1-2H3;2*1H/q+2;;/p-2. The zero-order valence-corrected chi connectivity index (χ0v) is 34.4. The first-order chi connectivity index (χ1) is 20.8. The lowest BCUT2D eigenvalue weighted by molar-refractivity contribution is -0.697. The van der Waals surface area contributed by atoms with Crippen LogP contribution in [0.25, 0.3) is 0 Å². The van der Waals surface area contributed by atoms with Gasteiger partial charge in [0.2, 0.25) is 0 Å². The lowest BCUT2D eigenvalue weighted by Crippen LogP contribution is -3.00. The van der Waals surface area contributed by atoms with Crippen LogP contribution in [0.15, 0.2) is 58.8 Å². The Balaban J connectivity index is 0.00000924. The van der Waals surface area contributed by atoms with Crippen LogP contribution in [0.2, 0.25) is 0 Å². The van der Waals surface area contributed by atoms with Crippen LogP contribution in [0.1, 0.15) is 155 Å². The Morgan fingerprint density at radius 3 is 0.955 bits per heavy atom. The molecule has 0 saturated heterocycles. The Morgan fingerprint density at radius 1 is 0.386 bits per heavy atom. The van der Waals surface area contributed by atoms with Gasteiger partial charge in [-0.2, -0.15) is 0 Å². The molecule has 0 amide bonds. The molecule has 0 radical (unpaired) electrons. The van der Waals surface area contributed by atoms with E-state index in [1.54, 1.807) is 0 Å². The number of rotatable bonds is 29. The first-order valence-electron chi connectivity index (χ1n) is 18.1. The molecule has 44 heavy (non-hydrogen) atoms. The first-order valence-corrected chi connectivity index (χ1v) is 20.0. The molecule has 6 heteroatoms. The zero-order chi connectivity index (χ0) is 29.8. The third kappa shape index (κ3) is 25.5. The second-order valence-electron chi connectivity index (χ2n) is 12.3. The van der Waals surface area contributed by atoms with Crippen LogP contribution in [0.4, 0.5) is 0 Å². The van der Waals surface area contributed by atoms with Gasteiger partial charge in [0.05, 0.1) is 0 Å². The highest BCUT2D eigenvalue weighted by atomic mass is 127. The molecule has 2 heterocycles. The van der Waals surface area contributed by atoms with E-state index in [0.29, 0.717) is 0 Å². The molecule has 0 N–H and O–H groups in total. The largest absolute Gasteiger partial charge is 1.00 e. The highest BCUT2D eigenvalue weighted by molar-refractivity contribution is 7.99. The lowest BCUT2D eigenvalue weighted by Gasteiger charge is -2.04. The Labute approximate surface area is 316 Å². The summed E-state index contributed by atoms with van der Waals surface area (Å²) < 4.78 is 4.73. The second kappa shape index (κ2) is 33.4. The van der Waals surface area contributed by atoms with Gasteiger partial charge in [-0.25, -0.2) is 9.13 Å². The van der Waals surface area contributed by atoms with E-state index in [9.17, 15) is 0 Å². The molecule has 2 rings (SSSR count). The Kier molecular flexibility index (Phi) is 33.7. The van der Waals surface area contributed by atoms with Gasteiger partial charge in [-0.3, -0.25) is 0 Å². The van der Waals surface area contributed by atoms with Crippen molar-refractivity contribution in [1.29, 1.82) is 0 Å². The van der Waals surface area contributed by atoms with E-state index >= 15 is 0 Å². The van der Waals surface area contributed by atoms with E-state index in [1.807, 2.05) is 23.5 Å². The van der Waals surface area contributed by atoms with Crippen LogP contribution in [-0.2, 0) is 13.1 Å². The molecule has 0 spiro atoms. The molecular weight excluding hydrogens is 802 g/mol. The number of hydrogen-bond donors (Lipinski definition) is 0. The van der Waals surface area contributed by atoms with Crippen molar-refractivity contribution in [3.63, 3.8) is 0 Å². The van der Waals surface area contributed by atoms with Gasteiger partial charge >= 0.3 is 0 Å². The minimum absolute atomic E-state index is 0. The van der Waals surface area contributed by atoms with Gasteiger partial charge in [0, 0.05) is 46.9 Å². The predicted octanol–water partition coefficient (Wildman–Crippen LogP) is 5.78. The number of pyridine rings is 2. The Morgan fingerprint density at radius 2 is 0.659 bits per heavy atom. The fraction of sp³-hybridized carbons (Fsp3) is 0.737. The minimum Gasteiger partial charge on any atom is -1.00 e. The fourth-order valence-corrected chi connectivity index (χ4v) is 7.32. The molecule has 0 aliphatic rings. The monoisotopic (exact) mass is 868 g/mol. The maximum Gasteiger partial charge on any atom is 0.169 e. The molecule has 2 aromatic rings. The summed E-state index contributed by atoms with van der Waals surface area (Å²) in [6.07, 6.45) is 39.8. The van der Waals surface area contributed by atoms with Crippen molar-refractivity contribution in [2.75, 3.05) is 11.5 Å². The van der Waals surface area contributed by atoms with E-state index in [1.165, 1.54) is 163 Å². The van der Waals surface area contributed by atoms with Gasteiger partial charge < -0.3 is 48.0 Å². The summed E-state index contributed by atoms with van der Waals surface area (Å²) in [6, 6.07) is 9.24. The van der Waals surface area contributed by atoms with Crippen molar-refractivity contribution in [3.8, 4) is 0 Å². The normalized spacial score (nSPS) is 10.9. The van der Waals surface area contributed by atoms with Gasteiger partial charge in [-0.15, -0.1) is 23.5 Å². The maximum absolute atomic E-state index is 2.37. The lowest BCUT2D eigenvalue weighted by atomic mass is 10.1. The van der Waals surface area contributed by atoms with Crippen LogP contribution in [0, 0.1) is 0 Å². The van der Waals surface area contributed by atoms with Gasteiger partial charge in [-0.1, -0.05) is 117 Å². The molecule has 254 valence electrons. The predicted molar refractivity (Wildman–Crippen MR) is 188 cm³/mol. The van der Waals surface area contributed by atoms with E-state index in [2.05, 4.69) is 72.0 Å². The average Bonchev–Trinajstić information content (AvgIpc) is 3.02. The van der Waals surface area contributed by atoms with Crippen molar-refractivity contribution in [2.24, 2.45) is 0 Å². The second-order valence-corrected chi connectivity index (χ2v) is 14.6. The van der Waals surface area contributed by atoms with Crippen LogP contribution in [-0.4, -0.2) is 11.5 Å². The van der Waals surface area contributed by atoms with Crippen molar-refractivity contribution < 1.29 is 57.1 Å². The van der Waals surface area contributed by atoms with Crippen molar-refractivity contribution in [2.45, 2.75) is 178 Å². The minimum atomic E-state index is 0. The summed E-state index contributed by atoms with van der Waals surface area (Å²) in [5.74, 6) is 2.44. The molecule has 0 bridgehead atoms. The summed E-state index contributed by atoms with van der Waals surface area (Å²) in [5.41, 5.74) is 0. The summed E-state index contributed by atoms with van der Waals surface area (Å²) in [5, 5.41) is 0. The van der Waals surface area contributed by atoms with Crippen LogP contribution in [0.5, 0.6) is 0 Å². The highest BCUT2D eigenvalue weighted by Crippen LogP contribution is 2.21. The Hall–Kier alpha value is 0.460. The maximum atomic E-state index is 2.37. The topological polar surface area (TPSA) is 7.76 Å². The quantitative estimate of drug-likeness (QED) is 0.0444. The van der Waals surface area contributed by atoms with Gasteiger partial charge in [0.25, 0.3) is 0 Å². The summed E-state index contributed by atoms with van der Waals surface area (Å²) >= 11 is 4.03. The molecule has 0 aromatic carbocycles. The number of nitrogens with zero attached hydrogens (tertiary/aromatic N) is 2. The molecule has 0 atom stereocenters. The average molecular weight is 869 g/mol. The number of aryl methyl sites for hydroxylation is 2. The number of aromatic nitrogens is 2. The van der Waals surface area contributed by atoms with Gasteiger partial charge in [0.15, 0.2) is 24.8 Å². The fourth-order valence-electron chi connectivity index (χ4n) is 5.53. The van der Waals surface area contributed by atoms with Crippen molar-refractivity contribution in [3.05, 3.63) is 49.1 Å². The third-order valence-electron chi connectivity index (χ3n) is 8.34. The first kappa shape index (κ1) is 44.5. The number of unbranched alkanes of at least 4 members (excludes halogenated alkanes) is 19. The smallest absolute Gasteiger partial charge is 0.169 e. The molecule has 0 fully saturated rings. The number of halogens is 2. The zero-order valence-electron chi connectivity index (χ0n) is 28.5. The van der Waals surface area contributed by atoms with E-state index in [4.69, 9.17) is 0 Å². The van der Waals surface area contributed by atoms with E-state index in [0.717, 1.165) is 13.1 Å². The molecule has 0 saturated carbocycles. The number of thioether (sulfide) groups is 2. The Bertz CT molecular complexity index is 777. The van der Waals surface area contributed by atoms with Gasteiger partial charge in [0.1, 0.15) is 13.1 Å². The van der Waals surface area contributed by atoms with E-state index < -0.39 is 0 Å².